The fourth-order valence-corrected chi connectivity index (χ4v) is 2.23. The molecule has 0 saturated carbocycles. The molecule has 1 aromatic heterocycles. The second kappa shape index (κ2) is 5.88. The number of carbonyl (C=O) groups excluding carboxylic acids is 1. The normalized spacial score (nSPS) is 10.8. The molecule has 1 heterocycles. The summed E-state index contributed by atoms with van der Waals surface area (Å²) in [4.78, 5) is 12.1. The number of hydrazone groups is 1. The lowest BCUT2D eigenvalue weighted by atomic mass is 10.2. The van der Waals surface area contributed by atoms with Gasteiger partial charge in [0.2, 0.25) is 0 Å². The molecule has 18 heavy (non-hydrogen) atoms. The second-order valence-electron chi connectivity index (χ2n) is 3.34. The highest BCUT2D eigenvalue weighted by atomic mass is 79.9. The van der Waals surface area contributed by atoms with Crippen molar-refractivity contribution < 1.29 is 9.18 Å². The Morgan fingerprint density at radius 3 is 3.00 bits per heavy atom. The van der Waals surface area contributed by atoms with Crippen LogP contribution in [0.1, 0.15) is 15.2 Å². The molecule has 0 unspecified atom stereocenters. The van der Waals surface area contributed by atoms with Crippen LogP contribution in [-0.4, -0.2) is 12.1 Å². The summed E-state index contributed by atoms with van der Waals surface area (Å²) in [6, 6.07) is 7.96. The first-order valence-electron chi connectivity index (χ1n) is 4.99. The van der Waals surface area contributed by atoms with Gasteiger partial charge >= 0.3 is 0 Å². The van der Waals surface area contributed by atoms with Gasteiger partial charge in [0.25, 0.3) is 5.91 Å². The SMILES string of the molecule is O=C(NN=Cc1cc(Br)ccc1F)c1cccs1. The molecule has 0 fully saturated rings. The lowest BCUT2D eigenvalue weighted by molar-refractivity contribution is 0.0959. The Morgan fingerprint density at radius 2 is 2.28 bits per heavy atom. The van der Waals surface area contributed by atoms with E-state index in [1.807, 2.05) is 0 Å². The molecule has 2 rings (SSSR count). The van der Waals surface area contributed by atoms with E-state index in [1.165, 1.54) is 23.6 Å². The van der Waals surface area contributed by atoms with Crippen LogP contribution in [0.25, 0.3) is 0 Å². The van der Waals surface area contributed by atoms with Crippen molar-refractivity contribution in [1.29, 1.82) is 0 Å². The van der Waals surface area contributed by atoms with Crippen LogP contribution >= 0.6 is 27.3 Å². The summed E-state index contributed by atoms with van der Waals surface area (Å²) < 4.78 is 14.1. The molecule has 0 spiro atoms. The van der Waals surface area contributed by atoms with Crippen LogP contribution < -0.4 is 5.43 Å². The predicted octanol–water partition coefficient (Wildman–Crippen LogP) is 3.41. The van der Waals surface area contributed by atoms with Gasteiger partial charge < -0.3 is 0 Å². The van der Waals surface area contributed by atoms with Crippen LogP contribution in [0.5, 0.6) is 0 Å². The fourth-order valence-electron chi connectivity index (χ4n) is 1.24. The Bertz CT molecular complexity index is 584. The molecule has 0 radical (unpaired) electrons. The summed E-state index contributed by atoms with van der Waals surface area (Å²) in [5.41, 5.74) is 2.64. The number of nitrogens with one attached hydrogen (secondary N) is 1. The Balaban J connectivity index is 2.03. The van der Waals surface area contributed by atoms with Gasteiger partial charge in [-0.05, 0) is 29.6 Å². The highest BCUT2D eigenvalue weighted by Gasteiger charge is 2.04. The van der Waals surface area contributed by atoms with E-state index in [0.29, 0.717) is 10.4 Å². The van der Waals surface area contributed by atoms with Gasteiger partial charge in [0.1, 0.15) is 5.82 Å². The van der Waals surface area contributed by atoms with E-state index >= 15 is 0 Å². The van der Waals surface area contributed by atoms with Gasteiger partial charge in [0.05, 0.1) is 11.1 Å². The molecule has 0 aliphatic heterocycles. The molecular weight excluding hydrogens is 319 g/mol. The average Bonchev–Trinajstić information content (AvgIpc) is 2.87. The predicted molar refractivity (Wildman–Crippen MR) is 73.5 cm³/mol. The van der Waals surface area contributed by atoms with Crippen LogP contribution in [0, 0.1) is 5.82 Å². The van der Waals surface area contributed by atoms with Gasteiger partial charge in [0.15, 0.2) is 0 Å². The van der Waals surface area contributed by atoms with Crippen LogP contribution in [0.3, 0.4) is 0 Å². The van der Waals surface area contributed by atoms with Crippen LogP contribution in [0.15, 0.2) is 45.3 Å². The van der Waals surface area contributed by atoms with Crippen LogP contribution in [-0.2, 0) is 0 Å². The van der Waals surface area contributed by atoms with E-state index in [4.69, 9.17) is 0 Å². The minimum Gasteiger partial charge on any atom is -0.266 e. The standard InChI is InChI=1S/C12H8BrFN2OS/c13-9-3-4-10(14)8(6-9)7-15-16-12(17)11-2-1-5-18-11/h1-7H,(H,16,17). The third kappa shape index (κ3) is 3.24. The van der Waals surface area contributed by atoms with Crippen molar-refractivity contribution in [2.45, 2.75) is 0 Å². The molecule has 0 atom stereocenters. The van der Waals surface area contributed by atoms with Crippen LogP contribution in [0.2, 0.25) is 0 Å². The molecule has 1 amide bonds. The van der Waals surface area contributed by atoms with Gasteiger partial charge in [0, 0.05) is 10.0 Å². The molecule has 0 saturated heterocycles. The molecule has 6 heteroatoms. The first-order valence-corrected chi connectivity index (χ1v) is 6.66. The van der Waals surface area contributed by atoms with Crippen LogP contribution in [0.4, 0.5) is 4.39 Å². The maximum absolute atomic E-state index is 13.3. The summed E-state index contributed by atoms with van der Waals surface area (Å²) >= 11 is 4.55. The van der Waals surface area contributed by atoms with E-state index in [0.717, 1.165) is 4.47 Å². The maximum Gasteiger partial charge on any atom is 0.281 e. The zero-order chi connectivity index (χ0) is 13.0. The zero-order valence-corrected chi connectivity index (χ0v) is 11.5. The van der Waals surface area contributed by atoms with E-state index in [1.54, 1.807) is 29.6 Å². The molecule has 0 bridgehead atoms. The largest absolute Gasteiger partial charge is 0.281 e. The smallest absolute Gasteiger partial charge is 0.266 e. The Labute approximate surface area is 115 Å². The van der Waals surface area contributed by atoms with Gasteiger partial charge in [-0.15, -0.1) is 11.3 Å². The summed E-state index contributed by atoms with van der Waals surface area (Å²) in [7, 11) is 0. The first kappa shape index (κ1) is 12.9. The minimum atomic E-state index is -0.396. The summed E-state index contributed by atoms with van der Waals surface area (Å²) in [5.74, 6) is -0.705. The van der Waals surface area contributed by atoms with Crippen molar-refractivity contribution in [3.63, 3.8) is 0 Å². The molecule has 2 aromatic rings. The third-order valence-corrected chi connectivity index (χ3v) is 3.43. The lowest BCUT2D eigenvalue weighted by Gasteiger charge is -1.98. The Kier molecular flexibility index (Phi) is 4.22. The van der Waals surface area contributed by atoms with Crippen molar-refractivity contribution in [2.75, 3.05) is 0 Å². The number of amides is 1. The first-order chi connectivity index (χ1) is 8.66. The number of thiophene rings is 1. The fraction of sp³-hybridized carbons (Fsp3) is 0. The average molecular weight is 327 g/mol. The summed E-state index contributed by atoms with van der Waals surface area (Å²) in [5, 5.41) is 5.52. The summed E-state index contributed by atoms with van der Waals surface area (Å²) in [6.45, 7) is 0. The third-order valence-electron chi connectivity index (χ3n) is 2.07. The number of nitrogens with zero attached hydrogens (tertiary/aromatic N) is 1. The highest BCUT2D eigenvalue weighted by Crippen LogP contribution is 2.13. The monoisotopic (exact) mass is 326 g/mol. The van der Waals surface area contributed by atoms with Gasteiger partial charge in [-0.25, -0.2) is 9.82 Å². The summed E-state index contributed by atoms with van der Waals surface area (Å²) in [6.07, 6.45) is 1.27. The van der Waals surface area contributed by atoms with E-state index in [-0.39, 0.29) is 5.91 Å². The molecular formula is C12H8BrFN2OS. The Hall–Kier alpha value is -1.53. The van der Waals surface area contributed by atoms with Crippen molar-refractivity contribution in [3.05, 3.63) is 56.4 Å². The number of carbonyl (C=O) groups is 1. The minimum absolute atomic E-state index is 0.302. The van der Waals surface area contributed by atoms with Crippen molar-refractivity contribution in [3.8, 4) is 0 Å². The number of rotatable bonds is 3. The van der Waals surface area contributed by atoms with Crippen molar-refractivity contribution in [1.82, 2.24) is 5.43 Å². The topological polar surface area (TPSA) is 41.5 Å². The zero-order valence-electron chi connectivity index (χ0n) is 9.06. The highest BCUT2D eigenvalue weighted by molar-refractivity contribution is 9.10. The van der Waals surface area contributed by atoms with Gasteiger partial charge in [-0.2, -0.15) is 5.10 Å². The molecule has 1 aromatic carbocycles. The molecule has 1 N–H and O–H groups in total. The Morgan fingerprint density at radius 1 is 1.44 bits per heavy atom. The number of hydrogen-bond donors (Lipinski definition) is 1. The molecule has 0 aliphatic carbocycles. The van der Waals surface area contributed by atoms with Crippen molar-refractivity contribution in [2.24, 2.45) is 5.10 Å². The van der Waals surface area contributed by atoms with Gasteiger partial charge in [-0.1, -0.05) is 22.0 Å². The molecule has 92 valence electrons. The lowest BCUT2D eigenvalue weighted by Crippen LogP contribution is -2.16. The van der Waals surface area contributed by atoms with E-state index < -0.39 is 5.82 Å². The molecule has 3 nitrogen and oxygen atoms in total. The van der Waals surface area contributed by atoms with E-state index in [9.17, 15) is 9.18 Å². The molecule has 0 aliphatic rings. The quantitative estimate of drug-likeness (QED) is 0.681. The maximum atomic E-state index is 13.3. The number of hydrogen-bond acceptors (Lipinski definition) is 3. The second-order valence-corrected chi connectivity index (χ2v) is 5.21. The number of halogens is 2. The number of benzene rings is 1. The van der Waals surface area contributed by atoms with E-state index in [2.05, 4.69) is 26.5 Å². The van der Waals surface area contributed by atoms with Crippen molar-refractivity contribution >= 4 is 39.4 Å². The van der Waals surface area contributed by atoms with Gasteiger partial charge in [-0.3, -0.25) is 4.79 Å².